The minimum atomic E-state index is -0.283. The first-order valence-corrected chi connectivity index (χ1v) is 7.74. The van der Waals surface area contributed by atoms with Gasteiger partial charge in [0.2, 0.25) is 0 Å². The maximum atomic E-state index is 11.8. The summed E-state index contributed by atoms with van der Waals surface area (Å²) in [5.41, 5.74) is 2.53. The van der Waals surface area contributed by atoms with Gasteiger partial charge in [-0.1, -0.05) is 19.3 Å². The van der Waals surface area contributed by atoms with Crippen molar-refractivity contribution in [2.45, 2.75) is 45.6 Å². The number of rotatable bonds is 3. The van der Waals surface area contributed by atoms with Crippen LogP contribution in [0.2, 0.25) is 0 Å². The highest BCUT2D eigenvalue weighted by Crippen LogP contribution is 2.26. The smallest absolute Gasteiger partial charge is 0.338 e. The molecule has 3 rings (SSSR count). The highest BCUT2D eigenvalue weighted by atomic mass is 16.5. The standard InChI is InChI=1S/C17H22N2O2/c1-12-14(17(20)21-2)8-9-16-15(12)11-19(18-16)10-13-6-4-3-5-7-13/h8-9,11,13H,3-7,10H2,1-2H3. The van der Waals surface area contributed by atoms with Crippen molar-refractivity contribution in [3.8, 4) is 0 Å². The summed E-state index contributed by atoms with van der Waals surface area (Å²) in [4.78, 5) is 11.8. The van der Waals surface area contributed by atoms with E-state index in [1.54, 1.807) is 6.07 Å². The third-order valence-corrected chi connectivity index (χ3v) is 4.58. The minimum Gasteiger partial charge on any atom is -0.465 e. The average molecular weight is 286 g/mol. The summed E-state index contributed by atoms with van der Waals surface area (Å²) in [7, 11) is 1.42. The molecule has 0 radical (unpaired) electrons. The highest BCUT2D eigenvalue weighted by Gasteiger charge is 2.17. The predicted molar refractivity (Wildman–Crippen MR) is 82.4 cm³/mol. The van der Waals surface area contributed by atoms with Crippen LogP contribution in [0.1, 0.15) is 48.0 Å². The van der Waals surface area contributed by atoms with Crippen molar-refractivity contribution in [1.29, 1.82) is 0 Å². The molecule has 1 aliphatic rings. The molecule has 1 heterocycles. The molecule has 1 aromatic carbocycles. The summed E-state index contributed by atoms with van der Waals surface area (Å²) in [5, 5.41) is 5.71. The largest absolute Gasteiger partial charge is 0.465 e. The molecular formula is C17H22N2O2. The predicted octanol–water partition coefficient (Wildman–Crippen LogP) is 3.71. The summed E-state index contributed by atoms with van der Waals surface area (Å²) in [5.74, 6) is 0.461. The Morgan fingerprint density at radius 1 is 1.33 bits per heavy atom. The van der Waals surface area contributed by atoms with Crippen LogP contribution in [-0.4, -0.2) is 22.9 Å². The second-order valence-corrected chi connectivity index (χ2v) is 6.02. The number of nitrogens with zero attached hydrogens (tertiary/aromatic N) is 2. The number of esters is 1. The van der Waals surface area contributed by atoms with E-state index in [2.05, 4.69) is 16.0 Å². The topological polar surface area (TPSA) is 44.1 Å². The van der Waals surface area contributed by atoms with Crippen LogP contribution in [0.4, 0.5) is 0 Å². The van der Waals surface area contributed by atoms with Crippen molar-refractivity contribution in [1.82, 2.24) is 9.78 Å². The van der Waals surface area contributed by atoms with E-state index < -0.39 is 0 Å². The third kappa shape index (κ3) is 2.80. The number of hydrogen-bond acceptors (Lipinski definition) is 3. The lowest BCUT2D eigenvalue weighted by Gasteiger charge is -2.21. The zero-order chi connectivity index (χ0) is 14.8. The van der Waals surface area contributed by atoms with E-state index in [-0.39, 0.29) is 5.97 Å². The van der Waals surface area contributed by atoms with E-state index in [0.717, 1.165) is 28.9 Å². The maximum absolute atomic E-state index is 11.8. The molecular weight excluding hydrogens is 264 g/mol. The van der Waals surface area contributed by atoms with Crippen molar-refractivity contribution >= 4 is 16.9 Å². The Morgan fingerprint density at radius 3 is 2.81 bits per heavy atom. The summed E-state index contributed by atoms with van der Waals surface area (Å²) in [6.07, 6.45) is 8.75. The molecule has 0 saturated heterocycles. The number of aryl methyl sites for hydroxylation is 1. The molecule has 0 unspecified atom stereocenters. The Bertz CT molecular complexity index is 654. The summed E-state index contributed by atoms with van der Waals surface area (Å²) < 4.78 is 6.88. The van der Waals surface area contributed by atoms with Gasteiger partial charge in [0.05, 0.1) is 18.2 Å². The monoisotopic (exact) mass is 286 g/mol. The number of hydrogen-bond donors (Lipinski definition) is 0. The van der Waals surface area contributed by atoms with Gasteiger partial charge in [-0.25, -0.2) is 4.79 Å². The molecule has 4 heteroatoms. The van der Waals surface area contributed by atoms with Crippen molar-refractivity contribution < 1.29 is 9.53 Å². The van der Waals surface area contributed by atoms with E-state index >= 15 is 0 Å². The Morgan fingerprint density at radius 2 is 2.10 bits per heavy atom. The Hall–Kier alpha value is -1.84. The van der Waals surface area contributed by atoms with Crippen molar-refractivity contribution in [2.24, 2.45) is 5.92 Å². The van der Waals surface area contributed by atoms with Gasteiger partial charge in [-0.15, -0.1) is 0 Å². The first-order valence-electron chi connectivity index (χ1n) is 7.74. The zero-order valence-corrected chi connectivity index (χ0v) is 12.8. The van der Waals surface area contributed by atoms with Gasteiger partial charge in [0.25, 0.3) is 0 Å². The molecule has 0 amide bonds. The quantitative estimate of drug-likeness (QED) is 0.808. The number of ether oxygens (including phenoxy) is 1. The van der Waals surface area contributed by atoms with Crippen LogP contribution in [-0.2, 0) is 11.3 Å². The Kier molecular flexibility index (Phi) is 3.95. The number of benzene rings is 1. The lowest BCUT2D eigenvalue weighted by molar-refractivity contribution is 0.0600. The fourth-order valence-corrected chi connectivity index (χ4v) is 3.34. The normalized spacial score (nSPS) is 16.3. The second-order valence-electron chi connectivity index (χ2n) is 6.02. The molecule has 4 nitrogen and oxygen atoms in total. The van der Waals surface area contributed by atoms with Crippen LogP contribution in [0.25, 0.3) is 10.9 Å². The van der Waals surface area contributed by atoms with Crippen LogP contribution in [0.15, 0.2) is 18.3 Å². The van der Waals surface area contributed by atoms with Gasteiger partial charge in [-0.3, -0.25) is 4.68 Å². The number of carbonyl (C=O) groups is 1. The van der Waals surface area contributed by atoms with E-state index in [1.807, 2.05) is 13.0 Å². The Labute approximate surface area is 125 Å². The summed E-state index contributed by atoms with van der Waals surface area (Å²) in [6.45, 7) is 2.95. The first-order chi connectivity index (χ1) is 10.2. The van der Waals surface area contributed by atoms with Crippen LogP contribution in [0.3, 0.4) is 0 Å². The fraction of sp³-hybridized carbons (Fsp3) is 0.529. The second kappa shape index (κ2) is 5.88. The van der Waals surface area contributed by atoms with Crippen molar-refractivity contribution in [2.75, 3.05) is 7.11 Å². The van der Waals surface area contributed by atoms with E-state index in [1.165, 1.54) is 39.2 Å². The fourth-order valence-electron chi connectivity index (χ4n) is 3.34. The molecule has 2 aromatic rings. The number of carbonyl (C=O) groups excluding carboxylic acids is 1. The van der Waals surface area contributed by atoms with Crippen LogP contribution >= 0.6 is 0 Å². The third-order valence-electron chi connectivity index (χ3n) is 4.58. The van der Waals surface area contributed by atoms with E-state index in [4.69, 9.17) is 4.74 Å². The van der Waals surface area contributed by atoms with Gasteiger partial charge < -0.3 is 4.74 Å². The molecule has 0 N–H and O–H groups in total. The molecule has 1 aromatic heterocycles. The highest BCUT2D eigenvalue weighted by molar-refractivity contribution is 5.97. The Balaban J connectivity index is 1.89. The number of aromatic nitrogens is 2. The lowest BCUT2D eigenvalue weighted by Crippen LogP contribution is -2.14. The summed E-state index contributed by atoms with van der Waals surface area (Å²) >= 11 is 0. The zero-order valence-electron chi connectivity index (χ0n) is 12.8. The average Bonchev–Trinajstić information content (AvgIpc) is 2.91. The number of methoxy groups -OCH3 is 1. The van der Waals surface area contributed by atoms with E-state index in [0.29, 0.717) is 5.56 Å². The molecule has 112 valence electrons. The van der Waals surface area contributed by atoms with Crippen molar-refractivity contribution in [3.63, 3.8) is 0 Å². The maximum Gasteiger partial charge on any atom is 0.338 e. The minimum absolute atomic E-state index is 0.283. The van der Waals surface area contributed by atoms with Gasteiger partial charge in [-0.05, 0) is 43.4 Å². The van der Waals surface area contributed by atoms with Crippen molar-refractivity contribution in [3.05, 3.63) is 29.5 Å². The van der Waals surface area contributed by atoms with Gasteiger partial charge in [0, 0.05) is 18.1 Å². The van der Waals surface area contributed by atoms with Gasteiger partial charge >= 0.3 is 5.97 Å². The molecule has 1 fully saturated rings. The van der Waals surface area contributed by atoms with Crippen LogP contribution in [0, 0.1) is 12.8 Å². The molecule has 1 aliphatic carbocycles. The molecule has 0 atom stereocenters. The molecule has 0 spiro atoms. The van der Waals surface area contributed by atoms with Crippen LogP contribution < -0.4 is 0 Å². The van der Waals surface area contributed by atoms with Crippen LogP contribution in [0.5, 0.6) is 0 Å². The SMILES string of the molecule is COC(=O)c1ccc2nn(CC3CCCCC3)cc2c1C. The first kappa shape index (κ1) is 14.1. The van der Waals surface area contributed by atoms with Gasteiger partial charge in [0.1, 0.15) is 0 Å². The lowest BCUT2D eigenvalue weighted by atomic mass is 9.89. The number of fused-ring (bicyclic) bond motifs is 1. The van der Waals surface area contributed by atoms with Gasteiger partial charge in [0.15, 0.2) is 0 Å². The molecule has 1 saturated carbocycles. The molecule has 0 bridgehead atoms. The van der Waals surface area contributed by atoms with E-state index in [9.17, 15) is 4.79 Å². The molecule has 21 heavy (non-hydrogen) atoms. The van der Waals surface area contributed by atoms with Gasteiger partial charge in [-0.2, -0.15) is 5.10 Å². The molecule has 0 aliphatic heterocycles. The summed E-state index contributed by atoms with van der Waals surface area (Å²) in [6, 6.07) is 3.72.